The third-order valence-corrected chi connectivity index (χ3v) is 5.70. The van der Waals surface area contributed by atoms with Gasteiger partial charge in [-0.05, 0) is 42.2 Å². The van der Waals surface area contributed by atoms with Gasteiger partial charge in [0.2, 0.25) is 11.8 Å². The Balaban J connectivity index is 1.68. The number of β-lactam (4-membered cyclic amide) rings is 1. The van der Waals surface area contributed by atoms with Crippen molar-refractivity contribution in [2.45, 2.75) is 31.9 Å². The molecule has 3 atom stereocenters. The topological polar surface area (TPSA) is 124 Å². The Labute approximate surface area is 171 Å². The summed E-state index contributed by atoms with van der Waals surface area (Å²) in [7, 11) is 0. The minimum Gasteiger partial charge on any atom is -0.477 e. The fourth-order valence-corrected chi connectivity index (χ4v) is 4.43. The molecule has 1 aromatic rings. The highest BCUT2D eigenvalue weighted by atomic mass is 16.6. The lowest BCUT2D eigenvalue weighted by atomic mass is 9.82. The lowest BCUT2D eigenvalue weighted by Crippen LogP contribution is -2.61. The second-order valence-electron chi connectivity index (χ2n) is 7.49. The van der Waals surface area contributed by atoms with Crippen LogP contribution in [0.4, 0.5) is 10.5 Å². The molecule has 3 aliphatic heterocycles. The fourth-order valence-electron chi connectivity index (χ4n) is 4.43. The van der Waals surface area contributed by atoms with Crippen LogP contribution in [0.5, 0.6) is 0 Å². The maximum atomic E-state index is 12.4. The molecule has 0 radical (unpaired) electrons. The van der Waals surface area contributed by atoms with E-state index in [2.05, 4.69) is 6.58 Å². The SMILES string of the molecule is C=CCOC(=O)N1C(=O)Cc2cc(C3=C(C(=O)O)N4C(=O)[C@H]([C@@H](C)O)[C@H]4C3)ccc21. The summed E-state index contributed by atoms with van der Waals surface area (Å²) < 4.78 is 4.96. The Kier molecular flexibility index (Phi) is 4.70. The van der Waals surface area contributed by atoms with E-state index < -0.39 is 41.9 Å². The second-order valence-corrected chi connectivity index (χ2v) is 7.49. The van der Waals surface area contributed by atoms with Gasteiger partial charge in [-0.1, -0.05) is 18.7 Å². The lowest BCUT2D eigenvalue weighted by Gasteiger charge is -2.44. The van der Waals surface area contributed by atoms with Gasteiger partial charge in [-0.2, -0.15) is 0 Å². The highest BCUT2D eigenvalue weighted by Gasteiger charge is 2.56. The number of carbonyl (C=O) groups excluding carboxylic acids is 3. The molecule has 3 heterocycles. The lowest BCUT2D eigenvalue weighted by molar-refractivity contribution is -0.161. The van der Waals surface area contributed by atoms with Crippen LogP contribution in [-0.4, -0.2) is 57.7 Å². The molecule has 0 saturated carbocycles. The van der Waals surface area contributed by atoms with Crippen molar-refractivity contribution in [3.8, 4) is 0 Å². The summed E-state index contributed by atoms with van der Waals surface area (Å²) in [5, 5.41) is 19.6. The number of carboxylic acid groups (broad SMARTS) is 1. The maximum Gasteiger partial charge on any atom is 0.421 e. The van der Waals surface area contributed by atoms with Gasteiger partial charge in [0.15, 0.2) is 0 Å². The minimum atomic E-state index is -1.23. The molecule has 30 heavy (non-hydrogen) atoms. The number of benzene rings is 1. The Morgan fingerprint density at radius 2 is 2.10 bits per heavy atom. The predicted molar refractivity (Wildman–Crippen MR) is 104 cm³/mol. The van der Waals surface area contributed by atoms with Crippen molar-refractivity contribution >= 4 is 35.1 Å². The van der Waals surface area contributed by atoms with Crippen LogP contribution in [0.2, 0.25) is 0 Å². The quantitative estimate of drug-likeness (QED) is 0.552. The molecule has 9 nitrogen and oxygen atoms in total. The smallest absolute Gasteiger partial charge is 0.421 e. The van der Waals surface area contributed by atoms with E-state index in [0.29, 0.717) is 28.8 Å². The van der Waals surface area contributed by atoms with E-state index in [9.17, 15) is 29.4 Å². The number of imide groups is 1. The molecule has 0 unspecified atom stereocenters. The zero-order chi connectivity index (χ0) is 21.7. The number of fused-ring (bicyclic) bond motifs is 2. The van der Waals surface area contributed by atoms with E-state index in [1.165, 1.54) is 17.9 Å². The first-order valence-corrected chi connectivity index (χ1v) is 9.47. The third kappa shape index (κ3) is 2.81. The van der Waals surface area contributed by atoms with E-state index in [4.69, 9.17) is 4.74 Å². The number of carboxylic acids is 1. The Bertz CT molecular complexity index is 1030. The van der Waals surface area contributed by atoms with Crippen molar-refractivity contribution in [3.05, 3.63) is 47.7 Å². The molecule has 1 saturated heterocycles. The van der Waals surface area contributed by atoms with Crippen LogP contribution in [-0.2, 0) is 25.5 Å². The van der Waals surface area contributed by atoms with Crippen molar-refractivity contribution < 1.29 is 34.1 Å². The van der Waals surface area contributed by atoms with Crippen LogP contribution in [0.15, 0.2) is 36.6 Å². The number of aliphatic hydroxyl groups excluding tert-OH is 1. The van der Waals surface area contributed by atoms with Gasteiger partial charge in [0.1, 0.15) is 12.3 Å². The first kappa shape index (κ1) is 19.8. The average Bonchev–Trinajstić information content (AvgIpc) is 3.19. The summed E-state index contributed by atoms with van der Waals surface area (Å²) in [6.45, 7) is 4.95. The molecule has 2 N–H and O–H groups in total. The van der Waals surface area contributed by atoms with Crippen LogP contribution in [0.1, 0.15) is 24.5 Å². The molecule has 0 aromatic heterocycles. The molecular weight excluding hydrogens is 392 g/mol. The van der Waals surface area contributed by atoms with E-state index >= 15 is 0 Å². The molecule has 1 aromatic carbocycles. The molecule has 9 heteroatoms. The second kappa shape index (κ2) is 7.10. The molecule has 0 aliphatic carbocycles. The normalized spacial score (nSPS) is 23.1. The summed E-state index contributed by atoms with van der Waals surface area (Å²) in [5.41, 5.74) is 1.87. The number of amides is 3. The van der Waals surface area contributed by atoms with E-state index in [1.807, 2.05) is 0 Å². The van der Waals surface area contributed by atoms with Crippen LogP contribution in [0.3, 0.4) is 0 Å². The number of carbonyl (C=O) groups is 4. The zero-order valence-corrected chi connectivity index (χ0v) is 16.2. The van der Waals surface area contributed by atoms with E-state index in [0.717, 1.165) is 4.90 Å². The van der Waals surface area contributed by atoms with E-state index in [1.54, 1.807) is 18.2 Å². The number of aliphatic hydroxyl groups is 1. The van der Waals surface area contributed by atoms with Crippen molar-refractivity contribution in [1.29, 1.82) is 0 Å². The molecule has 1 fully saturated rings. The van der Waals surface area contributed by atoms with Crippen LogP contribution < -0.4 is 4.90 Å². The van der Waals surface area contributed by atoms with Crippen molar-refractivity contribution in [2.24, 2.45) is 5.92 Å². The summed E-state index contributed by atoms with van der Waals surface area (Å²) in [6, 6.07) is 4.46. The number of nitrogens with zero attached hydrogens (tertiary/aromatic N) is 2. The van der Waals surface area contributed by atoms with Crippen molar-refractivity contribution in [2.75, 3.05) is 11.5 Å². The largest absolute Gasteiger partial charge is 0.477 e. The van der Waals surface area contributed by atoms with Gasteiger partial charge >= 0.3 is 12.1 Å². The summed E-state index contributed by atoms with van der Waals surface area (Å²) in [5.74, 6) is -2.71. The summed E-state index contributed by atoms with van der Waals surface area (Å²) in [4.78, 5) is 50.9. The molecule has 3 aliphatic rings. The van der Waals surface area contributed by atoms with Gasteiger partial charge in [-0.15, -0.1) is 0 Å². The number of ether oxygens (including phenoxy) is 1. The van der Waals surface area contributed by atoms with Gasteiger partial charge in [-0.3, -0.25) is 9.59 Å². The fraction of sp³-hybridized carbons (Fsp3) is 0.333. The number of rotatable bonds is 5. The zero-order valence-electron chi connectivity index (χ0n) is 16.2. The molecule has 0 bridgehead atoms. The predicted octanol–water partition coefficient (Wildman–Crippen LogP) is 1.31. The summed E-state index contributed by atoms with van der Waals surface area (Å²) >= 11 is 0. The highest BCUT2D eigenvalue weighted by molar-refractivity contribution is 6.17. The van der Waals surface area contributed by atoms with Gasteiger partial charge in [0.05, 0.1) is 30.2 Å². The van der Waals surface area contributed by atoms with Crippen LogP contribution >= 0.6 is 0 Å². The standard InChI is InChI=1S/C21H20N2O7/c1-3-6-30-21(29)22-14-5-4-11(7-12(14)8-16(22)25)13-9-15-17(10(2)24)19(26)23(15)18(13)20(27)28/h3-5,7,10,15,17,24H,1,6,8-9H2,2H3,(H,27,28)/t10-,15-,17-/m1/s1. The minimum absolute atomic E-state index is 0.0234. The monoisotopic (exact) mass is 412 g/mol. The Morgan fingerprint density at radius 1 is 1.37 bits per heavy atom. The van der Waals surface area contributed by atoms with Crippen molar-refractivity contribution in [1.82, 2.24) is 4.90 Å². The summed E-state index contributed by atoms with van der Waals surface area (Å²) in [6.07, 6.45) is -0.00726. The highest BCUT2D eigenvalue weighted by Crippen LogP contribution is 2.47. The molecule has 156 valence electrons. The maximum absolute atomic E-state index is 12.4. The molecule has 3 amide bonds. The van der Waals surface area contributed by atoms with Gasteiger partial charge in [0, 0.05) is 0 Å². The van der Waals surface area contributed by atoms with Gasteiger partial charge < -0.3 is 19.8 Å². The van der Waals surface area contributed by atoms with Gasteiger partial charge in [0.25, 0.3) is 0 Å². The first-order valence-electron chi connectivity index (χ1n) is 9.47. The molecule has 4 rings (SSSR count). The first-order chi connectivity index (χ1) is 14.3. The average molecular weight is 412 g/mol. The number of hydrogen-bond acceptors (Lipinski definition) is 6. The number of hydrogen-bond donors (Lipinski definition) is 2. The van der Waals surface area contributed by atoms with Gasteiger partial charge in [-0.25, -0.2) is 14.5 Å². The number of anilines is 1. The molecule has 0 spiro atoms. The van der Waals surface area contributed by atoms with E-state index in [-0.39, 0.29) is 18.7 Å². The molecular formula is C21H20N2O7. The van der Waals surface area contributed by atoms with Crippen LogP contribution in [0.25, 0.3) is 5.57 Å². The Morgan fingerprint density at radius 3 is 2.73 bits per heavy atom. The Hall–Kier alpha value is -3.46. The van der Waals surface area contributed by atoms with Crippen molar-refractivity contribution in [3.63, 3.8) is 0 Å². The van der Waals surface area contributed by atoms with Crippen LogP contribution in [0, 0.1) is 5.92 Å². The number of aliphatic carboxylic acids is 1. The third-order valence-electron chi connectivity index (χ3n) is 5.70.